The van der Waals surface area contributed by atoms with E-state index in [0.29, 0.717) is 10.6 Å². The van der Waals surface area contributed by atoms with Gasteiger partial charge in [0, 0.05) is 12.2 Å². The highest BCUT2D eigenvalue weighted by atomic mass is 35.5. The summed E-state index contributed by atoms with van der Waals surface area (Å²) in [5.74, 6) is -0.164. The van der Waals surface area contributed by atoms with Gasteiger partial charge in [0.15, 0.2) is 0 Å². The molecule has 1 aliphatic rings. The van der Waals surface area contributed by atoms with Gasteiger partial charge in [0.2, 0.25) is 0 Å². The van der Waals surface area contributed by atoms with Crippen molar-refractivity contribution in [3.63, 3.8) is 0 Å². The first-order chi connectivity index (χ1) is 10.2. The molecule has 2 aromatic carbocycles. The number of rotatable bonds is 2. The van der Waals surface area contributed by atoms with Crippen LogP contribution in [-0.4, -0.2) is 12.5 Å². The number of aryl methyl sites for hydroxylation is 1. The van der Waals surface area contributed by atoms with Crippen molar-refractivity contribution in [3.8, 4) is 0 Å². The zero-order chi connectivity index (χ0) is 14.8. The molecule has 0 aromatic heterocycles. The Kier molecular flexibility index (Phi) is 3.95. The van der Waals surface area contributed by atoms with Gasteiger partial charge in [0.1, 0.15) is 0 Å². The first kappa shape index (κ1) is 14.1. The Morgan fingerprint density at radius 3 is 2.90 bits per heavy atom. The Balaban J connectivity index is 1.90. The summed E-state index contributed by atoms with van der Waals surface area (Å²) < 4.78 is 0. The number of amides is 1. The summed E-state index contributed by atoms with van der Waals surface area (Å²) in [5, 5.41) is 6.84. The van der Waals surface area contributed by atoms with Crippen LogP contribution in [0.3, 0.4) is 0 Å². The van der Waals surface area contributed by atoms with Crippen molar-refractivity contribution in [3.05, 3.63) is 63.7 Å². The van der Waals surface area contributed by atoms with Crippen LogP contribution in [0.2, 0.25) is 5.02 Å². The zero-order valence-corrected chi connectivity index (χ0v) is 12.6. The molecule has 1 aliphatic heterocycles. The number of anilines is 1. The van der Waals surface area contributed by atoms with Gasteiger partial charge < -0.3 is 10.6 Å². The van der Waals surface area contributed by atoms with Crippen molar-refractivity contribution in [2.75, 3.05) is 11.9 Å². The van der Waals surface area contributed by atoms with Gasteiger partial charge in [0.05, 0.1) is 10.6 Å². The lowest BCUT2D eigenvalue weighted by Gasteiger charge is -2.20. The molecule has 0 atom stereocenters. The van der Waals surface area contributed by atoms with Gasteiger partial charge in [-0.25, -0.2) is 0 Å². The molecule has 3 rings (SSSR count). The number of carbonyl (C=O) groups is 1. The molecule has 0 aliphatic carbocycles. The first-order valence-corrected chi connectivity index (χ1v) is 7.42. The summed E-state index contributed by atoms with van der Waals surface area (Å²) in [6.07, 6.45) is 0.990. The van der Waals surface area contributed by atoms with E-state index in [0.717, 1.165) is 30.8 Å². The number of hydrogen-bond donors (Lipinski definition) is 2. The Morgan fingerprint density at radius 1 is 1.24 bits per heavy atom. The molecule has 0 fully saturated rings. The van der Waals surface area contributed by atoms with Crippen LogP contribution in [-0.2, 0) is 13.0 Å². The second-order valence-corrected chi connectivity index (χ2v) is 5.64. The highest BCUT2D eigenvalue weighted by Crippen LogP contribution is 2.25. The van der Waals surface area contributed by atoms with Crippen molar-refractivity contribution in [1.29, 1.82) is 0 Å². The third kappa shape index (κ3) is 2.80. The van der Waals surface area contributed by atoms with Crippen LogP contribution in [0.4, 0.5) is 5.69 Å². The maximum absolute atomic E-state index is 12.5. The maximum atomic E-state index is 12.5. The van der Waals surface area contributed by atoms with Crippen molar-refractivity contribution < 1.29 is 4.79 Å². The molecule has 3 nitrogen and oxygen atoms in total. The minimum absolute atomic E-state index is 0.164. The quantitative estimate of drug-likeness (QED) is 0.890. The lowest BCUT2D eigenvalue weighted by atomic mass is 9.99. The molecule has 1 heterocycles. The minimum Gasteiger partial charge on any atom is -0.322 e. The number of carbonyl (C=O) groups excluding carboxylic acids is 1. The number of hydrogen-bond acceptors (Lipinski definition) is 2. The van der Waals surface area contributed by atoms with E-state index in [2.05, 4.69) is 16.7 Å². The standard InChI is InChI=1S/C17H17ClN2O/c1-11-4-2-6-13(16(11)18)17(21)20-15-7-3-5-12-8-9-19-10-14(12)15/h2-7,19H,8-10H2,1H3,(H,20,21). The second kappa shape index (κ2) is 5.88. The molecule has 0 saturated carbocycles. The van der Waals surface area contributed by atoms with Crippen molar-refractivity contribution in [2.24, 2.45) is 0 Å². The van der Waals surface area contributed by atoms with E-state index in [-0.39, 0.29) is 5.91 Å². The molecule has 108 valence electrons. The lowest BCUT2D eigenvalue weighted by Crippen LogP contribution is -2.25. The SMILES string of the molecule is Cc1cccc(C(=O)Nc2cccc3c2CNCC3)c1Cl. The Labute approximate surface area is 129 Å². The van der Waals surface area contributed by atoms with Gasteiger partial charge in [-0.15, -0.1) is 0 Å². The molecule has 0 bridgehead atoms. The van der Waals surface area contributed by atoms with E-state index >= 15 is 0 Å². The van der Waals surface area contributed by atoms with Crippen LogP contribution >= 0.6 is 11.6 Å². The van der Waals surface area contributed by atoms with E-state index < -0.39 is 0 Å². The van der Waals surface area contributed by atoms with Crippen LogP contribution in [0.15, 0.2) is 36.4 Å². The highest BCUT2D eigenvalue weighted by molar-refractivity contribution is 6.35. The molecule has 2 aromatic rings. The van der Waals surface area contributed by atoms with Crippen LogP contribution in [0.25, 0.3) is 0 Å². The van der Waals surface area contributed by atoms with Gasteiger partial charge in [-0.05, 0) is 48.7 Å². The van der Waals surface area contributed by atoms with Gasteiger partial charge in [-0.3, -0.25) is 4.79 Å². The molecule has 0 spiro atoms. The average Bonchev–Trinajstić information content (AvgIpc) is 2.50. The monoisotopic (exact) mass is 300 g/mol. The maximum Gasteiger partial charge on any atom is 0.257 e. The Hall–Kier alpha value is -1.84. The van der Waals surface area contributed by atoms with Gasteiger partial charge in [-0.1, -0.05) is 35.9 Å². The molecule has 0 saturated heterocycles. The Morgan fingerprint density at radius 2 is 2.05 bits per heavy atom. The smallest absolute Gasteiger partial charge is 0.257 e. The second-order valence-electron chi connectivity index (χ2n) is 5.26. The Bertz CT molecular complexity index is 697. The fourth-order valence-corrected chi connectivity index (χ4v) is 2.86. The molecular weight excluding hydrogens is 284 g/mol. The van der Waals surface area contributed by atoms with E-state index in [1.54, 1.807) is 6.07 Å². The summed E-state index contributed by atoms with van der Waals surface area (Å²) in [6, 6.07) is 11.5. The zero-order valence-electron chi connectivity index (χ0n) is 11.9. The minimum atomic E-state index is -0.164. The van der Waals surface area contributed by atoms with E-state index in [4.69, 9.17) is 11.6 Å². The molecule has 21 heavy (non-hydrogen) atoms. The van der Waals surface area contributed by atoms with Crippen LogP contribution in [0.5, 0.6) is 0 Å². The summed E-state index contributed by atoms with van der Waals surface area (Å²) in [6.45, 7) is 3.66. The van der Waals surface area contributed by atoms with Gasteiger partial charge in [-0.2, -0.15) is 0 Å². The van der Waals surface area contributed by atoms with E-state index in [1.807, 2.05) is 31.2 Å². The van der Waals surface area contributed by atoms with Crippen molar-refractivity contribution >= 4 is 23.2 Å². The summed E-state index contributed by atoms with van der Waals surface area (Å²) in [4.78, 5) is 12.5. The van der Waals surface area contributed by atoms with Gasteiger partial charge in [0.25, 0.3) is 5.91 Å². The van der Waals surface area contributed by atoms with Gasteiger partial charge >= 0.3 is 0 Å². The molecule has 0 unspecified atom stereocenters. The first-order valence-electron chi connectivity index (χ1n) is 7.05. The summed E-state index contributed by atoms with van der Waals surface area (Å²) in [5.41, 5.74) is 4.74. The largest absolute Gasteiger partial charge is 0.322 e. The fourth-order valence-electron chi connectivity index (χ4n) is 2.64. The predicted octanol–water partition coefficient (Wildman–Crippen LogP) is 3.55. The van der Waals surface area contributed by atoms with E-state index in [1.165, 1.54) is 11.1 Å². The number of fused-ring (bicyclic) bond motifs is 1. The molecule has 0 radical (unpaired) electrons. The van der Waals surface area contributed by atoms with Crippen LogP contribution in [0, 0.1) is 6.92 Å². The third-order valence-electron chi connectivity index (χ3n) is 3.83. The number of benzene rings is 2. The molecule has 1 amide bonds. The summed E-state index contributed by atoms with van der Waals surface area (Å²) in [7, 11) is 0. The summed E-state index contributed by atoms with van der Waals surface area (Å²) >= 11 is 6.22. The number of nitrogens with one attached hydrogen (secondary N) is 2. The average molecular weight is 301 g/mol. The highest BCUT2D eigenvalue weighted by Gasteiger charge is 2.16. The van der Waals surface area contributed by atoms with Crippen molar-refractivity contribution in [2.45, 2.75) is 19.9 Å². The molecular formula is C17H17ClN2O. The van der Waals surface area contributed by atoms with E-state index in [9.17, 15) is 4.79 Å². The number of halogens is 1. The molecule has 4 heteroatoms. The molecule has 2 N–H and O–H groups in total. The van der Waals surface area contributed by atoms with Crippen LogP contribution in [0.1, 0.15) is 27.0 Å². The fraction of sp³-hybridized carbons (Fsp3) is 0.235. The lowest BCUT2D eigenvalue weighted by molar-refractivity contribution is 0.102. The van der Waals surface area contributed by atoms with Crippen LogP contribution < -0.4 is 10.6 Å². The topological polar surface area (TPSA) is 41.1 Å². The third-order valence-corrected chi connectivity index (χ3v) is 4.33. The predicted molar refractivity (Wildman–Crippen MR) is 86.0 cm³/mol. The normalized spacial score (nSPS) is 13.6. The van der Waals surface area contributed by atoms with Crippen molar-refractivity contribution in [1.82, 2.24) is 5.32 Å².